The third-order valence-corrected chi connectivity index (χ3v) is 5.10. The van der Waals surface area contributed by atoms with Crippen LogP contribution in [0.25, 0.3) is 0 Å². The standard InChI is InChI=1S/C11H18N2O3S/c1-11(2)8-13(6-5-9(11)12)17(14,15)10-4-3-7-16-10/h3-4,7,9H,5-6,8,12H2,1-2H3. The first-order valence-electron chi connectivity index (χ1n) is 5.63. The number of sulfonamides is 1. The van der Waals surface area contributed by atoms with Crippen molar-refractivity contribution in [2.24, 2.45) is 11.1 Å². The third-order valence-electron chi connectivity index (χ3n) is 3.37. The summed E-state index contributed by atoms with van der Waals surface area (Å²) in [6.45, 7) is 4.85. The van der Waals surface area contributed by atoms with E-state index < -0.39 is 10.0 Å². The van der Waals surface area contributed by atoms with Crippen LogP contribution in [0.4, 0.5) is 0 Å². The van der Waals surface area contributed by atoms with Crippen LogP contribution in [0.1, 0.15) is 20.3 Å². The van der Waals surface area contributed by atoms with Crippen LogP contribution in [0.5, 0.6) is 0 Å². The lowest BCUT2D eigenvalue weighted by molar-refractivity contribution is 0.154. The largest absolute Gasteiger partial charge is 0.452 e. The van der Waals surface area contributed by atoms with E-state index in [2.05, 4.69) is 0 Å². The molecular formula is C11H18N2O3S. The molecule has 1 aromatic heterocycles. The molecule has 1 aliphatic rings. The van der Waals surface area contributed by atoms with E-state index in [0.717, 1.165) is 0 Å². The van der Waals surface area contributed by atoms with Crippen molar-refractivity contribution in [2.45, 2.75) is 31.4 Å². The first kappa shape index (κ1) is 12.6. The van der Waals surface area contributed by atoms with Crippen molar-refractivity contribution in [1.29, 1.82) is 0 Å². The van der Waals surface area contributed by atoms with Gasteiger partial charge in [-0.15, -0.1) is 0 Å². The third kappa shape index (κ3) is 2.25. The minimum absolute atomic E-state index is 0.00349. The van der Waals surface area contributed by atoms with Gasteiger partial charge < -0.3 is 10.2 Å². The first-order valence-corrected chi connectivity index (χ1v) is 7.07. The van der Waals surface area contributed by atoms with Crippen molar-refractivity contribution in [3.63, 3.8) is 0 Å². The van der Waals surface area contributed by atoms with Gasteiger partial charge in [-0.1, -0.05) is 13.8 Å². The van der Waals surface area contributed by atoms with E-state index in [1.807, 2.05) is 13.8 Å². The van der Waals surface area contributed by atoms with Crippen LogP contribution < -0.4 is 5.73 Å². The maximum atomic E-state index is 12.2. The second kappa shape index (κ2) is 4.12. The fourth-order valence-corrected chi connectivity index (χ4v) is 3.60. The number of nitrogens with zero attached hydrogens (tertiary/aromatic N) is 1. The van der Waals surface area contributed by atoms with Gasteiger partial charge >= 0.3 is 0 Å². The van der Waals surface area contributed by atoms with Gasteiger partial charge in [0, 0.05) is 19.1 Å². The molecule has 1 fully saturated rings. The van der Waals surface area contributed by atoms with Crippen molar-refractivity contribution in [1.82, 2.24) is 4.31 Å². The molecule has 2 N–H and O–H groups in total. The smallest absolute Gasteiger partial charge is 0.276 e. The number of nitrogens with two attached hydrogens (primary N) is 1. The van der Waals surface area contributed by atoms with Crippen LogP contribution in [0, 0.1) is 5.41 Å². The van der Waals surface area contributed by atoms with Crippen LogP contribution in [-0.2, 0) is 10.0 Å². The summed E-state index contributed by atoms with van der Waals surface area (Å²) >= 11 is 0. The predicted molar refractivity (Wildman–Crippen MR) is 63.8 cm³/mol. The van der Waals surface area contributed by atoms with Crippen LogP contribution in [-0.4, -0.2) is 31.9 Å². The molecule has 0 amide bonds. The number of furan rings is 1. The Labute approximate surface area is 102 Å². The molecule has 5 nitrogen and oxygen atoms in total. The molecule has 96 valence electrons. The summed E-state index contributed by atoms with van der Waals surface area (Å²) in [4.78, 5) is 0. The Balaban J connectivity index is 2.25. The average molecular weight is 258 g/mol. The van der Waals surface area contributed by atoms with E-state index in [4.69, 9.17) is 10.2 Å². The Morgan fingerprint density at radius 1 is 1.53 bits per heavy atom. The molecule has 1 atom stereocenters. The van der Waals surface area contributed by atoms with Crippen molar-refractivity contribution in [3.8, 4) is 0 Å². The van der Waals surface area contributed by atoms with Gasteiger partial charge in [0.25, 0.3) is 10.0 Å². The molecule has 0 aliphatic carbocycles. The zero-order chi connectivity index (χ0) is 12.7. The highest BCUT2D eigenvalue weighted by molar-refractivity contribution is 7.89. The molecule has 0 saturated carbocycles. The minimum Gasteiger partial charge on any atom is -0.452 e. The Hall–Kier alpha value is -0.850. The summed E-state index contributed by atoms with van der Waals surface area (Å²) in [7, 11) is -3.50. The van der Waals surface area contributed by atoms with E-state index in [1.54, 1.807) is 6.07 Å². The van der Waals surface area contributed by atoms with Gasteiger partial charge in [-0.25, -0.2) is 8.42 Å². The highest BCUT2D eigenvalue weighted by Crippen LogP contribution is 2.31. The minimum atomic E-state index is -3.50. The van der Waals surface area contributed by atoms with Crippen LogP contribution in [0.2, 0.25) is 0 Å². The highest BCUT2D eigenvalue weighted by Gasteiger charge is 2.39. The fourth-order valence-electron chi connectivity index (χ4n) is 2.07. The maximum absolute atomic E-state index is 12.2. The topological polar surface area (TPSA) is 76.5 Å². The van der Waals surface area contributed by atoms with E-state index in [-0.39, 0.29) is 16.5 Å². The Kier molecular flexibility index (Phi) is 3.05. The van der Waals surface area contributed by atoms with Gasteiger partial charge in [0.1, 0.15) is 0 Å². The second-order valence-electron chi connectivity index (χ2n) is 5.15. The Morgan fingerprint density at radius 2 is 2.24 bits per heavy atom. The Morgan fingerprint density at radius 3 is 2.76 bits per heavy atom. The fraction of sp³-hybridized carbons (Fsp3) is 0.636. The molecule has 1 saturated heterocycles. The monoisotopic (exact) mass is 258 g/mol. The van der Waals surface area contributed by atoms with Crippen molar-refractivity contribution in [2.75, 3.05) is 13.1 Å². The molecule has 0 radical (unpaired) electrons. The summed E-state index contributed by atoms with van der Waals surface area (Å²) < 4.78 is 30.9. The van der Waals surface area contributed by atoms with Gasteiger partial charge in [-0.2, -0.15) is 4.31 Å². The number of hydrogen-bond donors (Lipinski definition) is 1. The molecule has 1 aromatic rings. The van der Waals surface area contributed by atoms with Gasteiger partial charge in [0.05, 0.1) is 6.26 Å². The lowest BCUT2D eigenvalue weighted by atomic mass is 9.81. The summed E-state index contributed by atoms with van der Waals surface area (Å²) in [5.74, 6) is 0. The Bertz CT molecular complexity index is 479. The molecule has 6 heteroatoms. The van der Waals surface area contributed by atoms with Crippen LogP contribution in [0.15, 0.2) is 27.9 Å². The number of hydrogen-bond acceptors (Lipinski definition) is 4. The SMILES string of the molecule is CC1(C)CN(S(=O)(=O)c2ccco2)CCC1N. The van der Waals surface area contributed by atoms with Crippen LogP contribution in [0.3, 0.4) is 0 Å². The molecule has 1 unspecified atom stereocenters. The lowest BCUT2D eigenvalue weighted by Crippen LogP contribution is -2.53. The second-order valence-corrected chi connectivity index (χ2v) is 7.02. The number of piperidine rings is 1. The van der Waals surface area contributed by atoms with Gasteiger partial charge in [-0.3, -0.25) is 0 Å². The molecule has 1 aliphatic heterocycles. The zero-order valence-electron chi connectivity index (χ0n) is 10.1. The zero-order valence-corrected chi connectivity index (χ0v) is 10.9. The molecule has 0 aromatic carbocycles. The van der Waals surface area contributed by atoms with Crippen molar-refractivity contribution >= 4 is 10.0 Å². The van der Waals surface area contributed by atoms with Crippen LogP contribution >= 0.6 is 0 Å². The van der Waals surface area contributed by atoms with Gasteiger partial charge in [0.15, 0.2) is 0 Å². The predicted octanol–water partition coefficient (Wildman–Crippen LogP) is 1.03. The summed E-state index contributed by atoms with van der Waals surface area (Å²) in [6.07, 6.45) is 2.04. The number of rotatable bonds is 2. The highest BCUT2D eigenvalue weighted by atomic mass is 32.2. The van der Waals surface area contributed by atoms with E-state index in [0.29, 0.717) is 19.5 Å². The lowest BCUT2D eigenvalue weighted by Gasteiger charge is -2.41. The molecule has 0 bridgehead atoms. The first-order chi connectivity index (χ1) is 7.84. The molecule has 2 heterocycles. The van der Waals surface area contributed by atoms with Gasteiger partial charge in [-0.05, 0) is 24.0 Å². The maximum Gasteiger partial charge on any atom is 0.276 e. The quantitative estimate of drug-likeness (QED) is 0.859. The normalized spacial score (nSPS) is 25.9. The van der Waals surface area contributed by atoms with Crippen molar-refractivity contribution in [3.05, 3.63) is 18.4 Å². The van der Waals surface area contributed by atoms with Gasteiger partial charge in [0.2, 0.25) is 5.09 Å². The summed E-state index contributed by atoms with van der Waals surface area (Å²) in [5.41, 5.74) is 5.78. The average Bonchev–Trinajstić information content (AvgIpc) is 2.75. The van der Waals surface area contributed by atoms with Crippen molar-refractivity contribution < 1.29 is 12.8 Å². The molecule has 0 spiro atoms. The molecule has 2 rings (SSSR count). The van der Waals surface area contributed by atoms with E-state index in [9.17, 15) is 8.42 Å². The molecule has 17 heavy (non-hydrogen) atoms. The van der Waals surface area contributed by atoms with E-state index >= 15 is 0 Å². The summed E-state index contributed by atoms with van der Waals surface area (Å²) in [6, 6.07) is 3.08. The summed E-state index contributed by atoms with van der Waals surface area (Å²) in [5, 5.41) is 0.00349. The molecular weight excluding hydrogens is 240 g/mol. The van der Waals surface area contributed by atoms with E-state index in [1.165, 1.54) is 16.6 Å².